The van der Waals surface area contributed by atoms with Crippen LogP contribution in [0.25, 0.3) is 0 Å². The fraction of sp³-hybridized carbons (Fsp3) is 1.00. The van der Waals surface area contributed by atoms with E-state index in [0.717, 1.165) is 36.3 Å². The summed E-state index contributed by atoms with van der Waals surface area (Å²) in [7, 11) is 1.83. The van der Waals surface area contributed by atoms with Crippen LogP contribution in [0.2, 0.25) is 0 Å². The van der Waals surface area contributed by atoms with Gasteiger partial charge in [0.25, 0.3) is 0 Å². The van der Waals surface area contributed by atoms with E-state index in [1.165, 1.54) is 77.7 Å². The van der Waals surface area contributed by atoms with Gasteiger partial charge in [-0.25, -0.2) is 0 Å². The minimum atomic E-state index is 0.883. The monoisotopic (exact) mass is 336 g/mol. The molecule has 0 aromatic rings. The maximum absolute atomic E-state index is 5.23. The zero-order chi connectivity index (χ0) is 16.9. The zero-order valence-electron chi connectivity index (χ0n) is 16.4. The number of rotatable bonds is 7. The summed E-state index contributed by atoms with van der Waals surface area (Å²) >= 11 is 0. The molecule has 2 saturated heterocycles. The van der Waals surface area contributed by atoms with Crippen LogP contribution in [-0.4, -0.2) is 62.3 Å². The first kappa shape index (κ1) is 18.7. The molecule has 0 unspecified atom stereocenters. The van der Waals surface area contributed by atoms with E-state index in [2.05, 4.69) is 23.6 Å². The van der Waals surface area contributed by atoms with Gasteiger partial charge in [-0.2, -0.15) is 0 Å². The van der Waals surface area contributed by atoms with Crippen molar-refractivity contribution in [2.75, 3.05) is 46.4 Å². The fourth-order valence-electron chi connectivity index (χ4n) is 5.21. The van der Waals surface area contributed by atoms with E-state index in [1.807, 2.05) is 7.11 Å². The van der Waals surface area contributed by atoms with Crippen LogP contribution in [0.15, 0.2) is 0 Å². The lowest BCUT2D eigenvalue weighted by molar-refractivity contribution is 0.0218. The predicted octanol–water partition coefficient (Wildman–Crippen LogP) is 3.88. The number of methoxy groups -OCH3 is 1. The Hall–Kier alpha value is -0.120. The Morgan fingerprint density at radius 3 is 2.17 bits per heavy atom. The fourth-order valence-corrected chi connectivity index (χ4v) is 5.21. The molecule has 3 fully saturated rings. The summed E-state index contributed by atoms with van der Waals surface area (Å²) in [6, 6.07) is 0.919. The van der Waals surface area contributed by atoms with Gasteiger partial charge in [0.15, 0.2) is 0 Å². The molecule has 24 heavy (non-hydrogen) atoms. The lowest BCUT2D eigenvalue weighted by Gasteiger charge is -2.48. The third kappa shape index (κ3) is 4.95. The normalized spacial score (nSPS) is 31.5. The molecule has 140 valence electrons. The molecule has 0 radical (unpaired) electrons. The van der Waals surface area contributed by atoms with E-state index in [4.69, 9.17) is 4.74 Å². The third-order valence-corrected chi connectivity index (χ3v) is 7.20. The molecule has 0 aromatic carbocycles. The smallest absolute Gasteiger partial charge is 0.0464 e. The van der Waals surface area contributed by atoms with Crippen molar-refractivity contribution < 1.29 is 4.74 Å². The molecule has 0 amide bonds. The van der Waals surface area contributed by atoms with Gasteiger partial charge in [0.2, 0.25) is 0 Å². The second-order valence-corrected chi connectivity index (χ2v) is 9.13. The lowest BCUT2D eigenvalue weighted by atomic mass is 9.77. The van der Waals surface area contributed by atoms with Crippen molar-refractivity contribution in [1.29, 1.82) is 0 Å². The molecule has 2 heterocycles. The van der Waals surface area contributed by atoms with Crippen molar-refractivity contribution in [1.82, 2.24) is 9.80 Å². The van der Waals surface area contributed by atoms with E-state index < -0.39 is 0 Å². The van der Waals surface area contributed by atoms with E-state index in [-0.39, 0.29) is 0 Å². The Kier molecular flexibility index (Phi) is 7.00. The van der Waals surface area contributed by atoms with Gasteiger partial charge in [0, 0.05) is 26.3 Å². The van der Waals surface area contributed by atoms with Gasteiger partial charge in [0.05, 0.1) is 0 Å². The molecule has 3 heteroatoms. The van der Waals surface area contributed by atoms with E-state index in [0.29, 0.717) is 0 Å². The quantitative estimate of drug-likeness (QED) is 0.702. The maximum atomic E-state index is 5.23. The van der Waals surface area contributed by atoms with Gasteiger partial charge >= 0.3 is 0 Å². The number of ether oxygens (including phenoxy) is 1. The highest BCUT2D eigenvalue weighted by molar-refractivity contribution is 4.91. The molecule has 3 rings (SSSR count). The standard InChI is InChI=1S/C21H40N2O/c1-17(2)20-6-11-23(12-7-20)21-14-19(15-21)16-22-9-4-18(5-10-22)8-13-24-3/h17-21H,4-16H2,1-3H3. The van der Waals surface area contributed by atoms with Crippen LogP contribution in [-0.2, 0) is 4.74 Å². The Morgan fingerprint density at radius 1 is 0.917 bits per heavy atom. The van der Waals surface area contributed by atoms with Crippen LogP contribution in [0.1, 0.15) is 58.8 Å². The van der Waals surface area contributed by atoms with E-state index in [1.54, 1.807) is 0 Å². The van der Waals surface area contributed by atoms with Crippen molar-refractivity contribution >= 4 is 0 Å². The molecular weight excluding hydrogens is 296 g/mol. The van der Waals surface area contributed by atoms with Crippen LogP contribution >= 0.6 is 0 Å². The largest absolute Gasteiger partial charge is 0.385 e. The molecule has 2 aliphatic heterocycles. The summed E-state index contributed by atoms with van der Waals surface area (Å²) in [5.74, 6) is 3.76. The second-order valence-electron chi connectivity index (χ2n) is 9.13. The summed E-state index contributed by atoms with van der Waals surface area (Å²) in [6.07, 6.45) is 9.86. The molecular formula is C21H40N2O. The summed E-state index contributed by atoms with van der Waals surface area (Å²) in [6.45, 7) is 12.5. The topological polar surface area (TPSA) is 15.7 Å². The zero-order valence-corrected chi connectivity index (χ0v) is 16.4. The van der Waals surface area contributed by atoms with Crippen LogP contribution in [0.3, 0.4) is 0 Å². The number of hydrogen-bond acceptors (Lipinski definition) is 3. The summed E-state index contributed by atoms with van der Waals surface area (Å²) in [5.41, 5.74) is 0. The molecule has 1 saturated carbocycles. The molecule has 0 aromatic heterocycles. The van der Waals surface area contributed by atoms with Crippen LogP contribution in [0.5, 0.6) is 0 Å². The second kappa shape index (κ2) is 9.00. The molecule has 3 nitrogen and oxygen atoms in total. The van der Waals surface area contributed by atoms with Crippen LogP contribution in [0, 0.1) is 23.7 Å². The average Bonchev–Trinajstić information content (AvgIpc) is 2.57. The number of piperidine rings is 2. The first-order valence-corrected chi connectivity index (χ1v) is 10.6. The van der Waals surface area contributed by atoms with Crippen LogP contribution < -0.4 is 0 Å². The summed E-state index contributed by atoms with van der Waals surface area (Å²) < 4.78 is 5.23. The SMILES string of the molecule is COCCC1CCN(CC2CC(N3CCC(C(C)C)CC3)C2)CC1. The summed E-state index contributed by atoms with van der Waals surface area (Å²) in [5, 5.41) is 0. The molecule has 0 bridgehead atoms. The van der Waals surface area contributed by atoms with Crippen LogP contribution in [0.4, 0.5) is 0 Å². The Labute approximate surface area is 150 Å². The Balaban J connectivity index is 1.28. The van der Waals surface area contributed by atoms with Gasteiger partial charge in [-0.1, -0.05) is 13.8 Å². The average molecular weight is 337 g/mol. The molecule has 0 N–H and O–H groups in total. The molecule has 3 aliphatic rings. The third-order valence-electron chi connectivity index (χ3n) is 7.20. The number of likely N-dealkylation sites (tertiary alicyclic amines) is 2. The number of hydrogen-bond donors (Lipinski definition) is 0. The minimum absolute atomic E-state index is 0.883. The van der Waals surface area contributed by atoms with Gasteiger partial charge in [-0.3, -0.25) is 0 Å². The Morgan fingerprint density at radius 2 is 1.58 bits per heavy atom. The number of nitrogens with zero attached hydrogens (tertiary/aromatic N) is 2. The highest BCUT2D eigenvalue weighted by Gasteiger charge is 2.36. The van der Waals surface area contributed by atoms with Gasteiger partial charge in [-0.15, -0.1) is 0 Å². The lowest BCUT2D eigenvalue weighted by Crippen LogP contribution is -2.51. The van der Waals surface area contributed by atoms with Gasteiger partial charge < -0.3 is 14.5 Å². The highest BCUT2D eigenvalue weighted by Crippen LogP contribution is 2.36. The first-order valence-electron chi connectivity index (χ1n) is 10.6. The van der Waals surface area contributed by atoms with Crippen molar-refractivity contribution in [3.05, 3.63) is 0 Å². The van der Waals surface area contributed by atoms with Gasteiger partial charge in [0.1, 0.15) is 0 Å². The molecule has 1 aliphatic carbocycles. The van der Waals surface area contributed by atoms with E-state index >= 15 is 0 Å². The van der Waals surface area contributed by atoms with Crippen molar-refractivity contribution in [2.24, 2.45) is 23.7 Å². The summed E-state index contributed by atoms with van der Waals surface area (Å²) in [4.78, 5) is 5.56. The first-order chi connectivity index (χ1) is 11.7. The van der Waals surface area contributed by atoms with Crippen molar-refractivity contribution in [3.8, 4) is 0 Å². The highest BCUT2D eigenvalue weighted by atomic mass is 16.5. The van der Waals surface area contributed by atoms with Crippen molar-refractivity contribution in [3.63, 3.8) is 0 Å². The molecule has 0 atom stereocenters. The van der Waals surface area contributed by atoms with E-state index in [9.17, 15) is 0 Å². The Bertz CT molecular complexity index is 351. The maximum Gasteiger partial charge on any atom is 0.0464 e. The predicted molar refractivity (Wildman–Crippen MR) is 101 cm³/mol. The van der Waals surface area contributed by atoms with Crippen molar-refractivity contribution in [2.45, 2.75) is 64.8 Å². The van der Waals surface area contributed by atoms with Gasteiger partial charge in [-0.05, 0) is 94.8 Å². The minimum Gasteiger partial charge on any atom is -0.385 e. The molecule has 0 spiro atoms.